The van der Waals surface area contributed by atoms with Gasteiger partial charge in [0.25, 0.3) is 0 Å². The first-order chi connectivity index (χ1) is 9.60. The third kappa shape index (κ3) is 3.67. The number of rotatable bonds is 5. The van der Waals surface area contributed by atoms with Gasteiger partial charge in [-0.2, -0.15) is 0 Å². The number of halogens is 1. The lowest BCUT2D eigenvalue weighted by Crippen LogP contribution is -2.19. The van der Waals surface area contributed by atoms with Gasteiger partial charge in [0.1, 0.15) is 5.82 Å². The van der Waals surface area contributed by atoms with Crippen molar-refractivity contribution in [1.29, 1.82) is 0 Å². The number of hydrogen-bond donors (Lipinski definition) is 1. The molecule has 0 heterocycles. The van der Waals surface area contributed by atoms with Crippen LogP contribution in [-0.4, -0.2) is 13.6 Å². The molecule has 1 atom stereocenters. The Hall–Kier alpha value is -1.67. The average Bonchev–Trinajstić information content (AvgIpc) is 2.42. The van der Waals surface area contributed by atoms with Gasteiger partial charge < -0.3 is 5.32 Å². The predicted molar refractivity (Wildman–Crippen MR) is 82.7 cm³/mol. The van der Waals surface area contributed by atoms with Crippen LogP contribution in [-0.2, 0) is 6.42 Å². The molecule has 0 aliphatic rings. The molecular formula is C18H22FN. The zero-order chi connectivity index (χ0) is 14.5. The van der Waals surface area contributed by atoms with Gasteiger partial charge in [0.2, 0.25) is 0 Å². The summed E-state index contributed by atoms with van der Waals surface area (Å²) in [4.78, 5) is 0. The third-order valence-corrected chi connectivity index (χ3v) is 3.77. The standard InChI is InChI=1S/C18H22FN/c1-13-4-6-15(7-5-13)17(12-20-3)11-16-8-9-18(19)10-14(16)2/h4-10,17,20H,11-12H2,1-3H3. The van der Waals surface area contributed by atoms with Gasteiger partial charge in [0.05, 0.1) is 0 Å². The van der Waals surface area contributed by atoms with Crippen molar-refractivity contribution in [3.8, 4) is 0 Å². The molecule has 0 amide bonds. The second-order valence-electron chi connectivity index (χ2n) is 5.44. The van der Waals surface area contributed by atoms with Gasteiger partial charge in [0.15, 0.2) is 0 Å². The molecule has 1 unspecified atom stereocenters. The molecule has 0 bridgehead atoms. The van der Waals surface area contributed by atoms with E-state index in [4.69, 9.17) is 0 Å². The van der Waals surface area contributed by atoms with E-state index in [2.05, 4.69) is 36.5 Å². The zero-order valence-electron chi connectivity index (χ0n) is 12.4. The summed E-state index contributed by atoms with van der Waals surface area (Å²) in [6.45, 7) is 4.99. The van der Waals surface area contributed by atoms with E-state index in [1.165, 1.54) is 16.7 Å². The van der Waals surface area contributed by atoms with Crippen molar-refractivity contribution in [2.45, 2.75) is 26.2 Å². The van der Waals surface area contributed by atoms with E-state index in [-0.39, 0.29) is 5.82 Å². The molecule has 0 fully saturated rings. The maximum Gasteiger partial charge on any atom is 0.123 e. The molecule has 0 aliphatic heterocycles. The molecule has 2 aromatic rings. The highest BCUT2D eigenvalue weighted by Crippen LogP contribution is 2.23. The summed E-state index contributed by atoms with van der Waals surface area (Å²) in [7, 11) is 1.97. The van der Waals surface area contributed by atoms with Crippen LogP contribution in [0.4, 0.5) is 4.39 Å². The maximum atomic E-state index is 13.2. The van der Waals surface area contributed by atoms with Crippen LogP contribution >= 0.6 is 0 Å². The molecular weight excluding hydrogens is 249 g/mol. The molecule has 2 heteroatoms. The first-order valence-corrected chi connectivity index (χ1v) is 7.06. The Bertz CT molecular complexity index is 560. The third-order valence-electron chi connectivity index (χ3n) is 3.77. The SMILES string of the molecule is CNCC(Cc1ccc(F)cc1C)c1ccc(C)cc1. The first kappa shape index (κ1) is 14.7. The van der Waals surface area contributed by atoms with Gasteiger partial charge in [-0.25, -0.2) is 4.39 Å². The van der Waals surface area contributed by atoms with Gasteiger partial charge in [0, 0.05) is 12.5 Å². The molecule has 20 heavy (non-hydrogen) atoms. The highest BCUT2D eigenvalue weighted by Gasteiger charge is 2.13. The maximum absolute atomic E-state index is 13.2. The first-order valence-electron chi connectivity index (χ1n) is 7.06. The lowest BCUT2D eigenvalue weighted by Gasteiger charge is -2.18. The van der Waals surface area contributed by atoms with Crippen LogP contribution in [0.3, 0.4) is 0 Å². The van der Waals surface area contributed by atoms with Crippen molar-refractivity contribution in [2.24, 2.45) is 0 Å². The monoisotopic (exact) mass is 271 g/mol. The van der Waals surface area contributed by atoms with Crippen molar-refractivity contribution in [2.75, 3.05) is 13.6 Å². The zero-order valence-corrected chi connectivity index (χ0v) is 12.4. The van der Waals surface area contributed by atoms with Crippen LogP contribution in [0.2, 0.25) is 0 Å². The average molecular weight is 271 g/mol. The van der Waals surface area contributed by atoms with Crippen LogP contribution in [0.1, 0.15) is 28.2 Å². The normalized spacial score (nSPS) is 12.4. The Labute approximate surface area is 120 Å². The number of nitrogens with one attached hydrogen (secondary N) is 1. The van der Waals surface area contributed by atoms with Crippen molar-refractivity contribution in [3.05, 3.63) is 70.5 Å². The van der Waals surface area contributed by atoms with Gasteiger partial charge in [-0.05, 0) is 56.1 Å². The molecule has 1 N–H and O–H groups in total. The summed E-state index contributed by atoms with van der Waals surface area (Å²) < 4.78 is 13.2. The molecule has 0 saturated carbocycles. The van der Waals surface area contributed by atoms with Crippen LogP contribution in [0, 0.1) is 19.7 Å². The van der Waals surface area contributed by atoms with E-state index >= 15 is 0 Å². The van der Waals surface area contributed by atoms with E-state index < -0.39 is 0 Å². The lowest BCUT2D eigenvalue weighted by atomic mass is 9.89. The number of likely N-dealkylation sites (N-methyl/N-ethyl adjacent to an activating group) is 1. The molecule has 2 rings (SSSR count). The second-order valence-corrected chi connectivity index (χ2v) is 5.44. The van der Waals surface area contributed by atoms with Crippen molar-refractivity contribution in [3.63, 3.8) is 0 Å². The van der Waals surface area contributed by atoms with Crippen LogP contribution in [0.25, 0.3) is 0 Å². The van der Waals surface area contributed by atoms with Gasteiger partial charge in [-0.1, -0.05) is 35.9 Å². The largest absolute Gasteiger partial charge is 0.319 e. The van der Waals surface area contributed by atoms with E-state index in [0.717, 1.165) is 18.5 Å². The molecule has 106 valence electrons. The Kier molecular flexibility index (Phi) is 4.91. The van der Waals surface area contributed by atoms with E-state index in [0.29, 0.717) is 5.92 Å². The second kappa shape index (κ2) is 6.67. The minimum absolute atomic E-state index is 0.160. The Balaban J connectivity index is 2.22. The molecule has 2 aromatic carbocycles. The van der Waals surface area contributed by atoms with Gasteiger partial charge >= 0.3 is 0 Å². The Morgan fingerprint density at radius 2 is 1.75 bits per heavy atom. The van der Waals surface area contributed by atoms with Crippen LogP contribution in [0.5, 0.6) is 0 Å². The smallest absolute Gasteiger partial charge is 0.123 e. The fourth-order valence-corrected chi connectivity index (χ4v) is 2.55. The fraction of sp³-hybridized carbons (Fsp3) is 0.333. The topological polar surface area (TPSA) is 12.0 Å². The summed E-state index contributed by atoms with van der Waals surface area (Å²) in [6.07, 6.45) is 0.927. The summed E-state index contributed by atoms with van der Waals surface area (Å²) in [5.74, 6) is 0.247. The van der Waals surface area contributed by atoms with Gasteiger partial charge in [-0.15, -0.1) is 0 Å². The summed E-state index contributed by atoms with van der Waals surface area (Å²) >= 11 is 0. The summed E-state index contributed by atoms with van der Waals surface area (Å²) in [6, 6.07) is 13.7. The van der Waals surface area contributed by atoms with Crippen molar-refractivity contribution in [1.82, 2.24) is 5.32 Å². The Morgan fingerprint density at radius 1 is 1.05 bits per heavy atom. The molecule has 0 saturated heterocycles. The van der Waals surface area contributed by atoms with Crippen molar-refractivity contribution < 1.29 is 4.39 Å². The Morgan fingerprint density at radius 3 is 2.35 bits per heavy atom. The summed E-state index contributed by atoms with van der Waals surface area (Å²) in [5, 5.41) is 3.26. The molecule has 0 aliphatic carbocycles. The number of aryl methyl sites for hydroxylation is 2. The molecule has 1 nitrogen and oxygen atoms in total. The quantitative estimate of drug-likeness (QED) is 0.867. The van der Waals surface area contributed by atoms with Gasteiger partial charge in [-0.3, -0.25) is 0 Å². The molecule has 0 spiro atoms. The predicted octanol–water partition coefficient (Wildman–Crippen LogP) is 3.99. The summed E-state index contributed by atoms with van der Waals surface area (Å²) in [5.41, 5.74) is 4.84. The number of benzene rings is 2. The highest BCUT2D eigenvalue weighted by atomic mass is 19.1. The van der Waals surface area contributed by atoms with Crippen LogP contribution in [0.15, 0.2) is 42.5 Å². The lowest BCUT2D eigenvalue weighted by molar-refractivity contribution is 0.613. The van der Waals surface area contributed by atoms with E-state index in [1.807, 2.05) is 20.0 Å². The fourth-order valence-electron chi connectivity index (χ4n) is 2.55. The van der Waals surface area contributed by atoms with E-state index in [1.54, 1.807) is 12.1 Å². The van der Waals surface area contributed by atoms with Crippen LogP contribution < -0.4 is 5.32 Å². The minimum Gasteiger partial charge on any atom is -0.319 e. The molecule has 0 aromatic heterocycles. The highest BCUT2D eigenvalue weighted by molar-refractivity contribution is 5.31. The number of hydrogen-bond acceptors (Lipinski definition) is 1. The molecule has 0 radical (unpaired) electrons. The van der Waals surface area contributed by atoms with Crippen molar-refractivity contribution >= 4 is 0 Å². The minimum atomic E-state index is -0.160. The van der Waals surface area contributed by atoms with E-state index in [9.17, 15) is 4.39 Å².